The molecule has 0 amide bonds. The van der Waals surface area contributed by atoms with Crippen molar-refractivity contribution in [3.8, 4) is 0 Å². The summed E-state index contributed by atoms with van der Waals surface area (Å²) < 4.78 is -2.63. The topological polar surface area (TPSA) is 37.3 Å². The molecule has 3 aromatic carbocycles. The molecule has 1 N–H and O–H groups in total. The van der Waals surface area contributed by atoms with Crippen molar-refractivity contribution in [1.82, 2.24) is 0 Å². The van der Waals surface area contributed by atoms with Gasteiger partial charge in [0.05, 0.1) is 0 Å². The predicted octanol–water partition coefficient (Wildman–Crippen LogP) is 7.07. The first-order valence-corrected chi connectivity index (χ1v) is 16.9. The van der Waals surface area contributed by atoms with E-state index in [9.17, 15) is 4.79 Å². The van der Waals surface area contributed by atoms with Crippen molar-refractivity contribution in [2.45, 2.75) is 51.4 Å². The Hall–Kier alpha value is -1.71. The molecule has 0 aliphatic rings. The van der Waals surface area contributed by atoms with Gasteiger partial charge in [0.15, 0.2) is 0 Å². The third-order valence-corrected chi connectivity index (χ3v) is 18.1. The van der Waals surface area contributed by atoms with Gasteiger partial charge >= 0.3 is 207 Å². The average molecular weight is 560 g/mol. The standard InChI is InChI=1S/C28H34IO2P/c29-32(25-17-9-6-10-18-25,26-19-11-7-12-20-26,27-21-13-8-14-22-27)24-16-5-3-1-2-4-15-23-28(30)31/h6-14,17-22H,1-5,15-16,23-24H2,(H,30,31). The van der Waals surface area contributed by atoms with Crippen LogP contribution in [0.4, 0.5) is 0 Å². The average Bonchev–Trinajstić information content (AvgIpc) is 2.84. The molecular formula is C28H34IO2P. The first-order chi connectivity index (χ1) is 15.6. The van der Waals surface area contributed by atoms with Crippen molar-refractivity contribution in [3.63, 3.8) is 0 Å². The van der Waals surface area contributed by atoms with Crippen molar-refractivity contribution in [1.29, 1.82) is 0 Å². The summed E-state index contributed by atoms with van der Waals surface area (Å²) >= 11 is 2.87. The van der Waals surface area contributed by atoms with Gasteiger partial charge in [0.1, 0.15) is 0 Å². The van der Waals surface area contributed by atoms with Crippen molar-refractivity contribution >= 4 is 48.2 Å². The van der Waals surface area contributed by atoms with Crippen molar-refractivity contribution in [3.05, 3.63) is 91.0 Å². The van der Waals surface area contributed by atoms with Crippen LogP contribution < -0.4 is 15.9 Å². The summed E-state index contributed by atoms with van der Waals surface area (Å²) in [6, 6.07) is 33.4. The van der Waals surface area contributed by atoms with E-state index in [4.69, 9.17) is 5.11 Å². The van der Waals surface area contributed by atoms with Crippen LogP contribution >= 0.6 is 26.3 Å². The number of unbranched alkanes of at least 4 members (excludes halogenated alkanes) is 6. The van der Waals surface area contributed by atoms with Gasteiger partial charge in [-0.15, -0.1) is 0 Å². The third kappa shape index (κ3) is 5.80. The molecule has 3 rings (SSSR count). The molecule has 0 spiro atoms. The zero-order valence-corrected chi connectivity index (χ0v) is 21.8. The predicted molar refractivity (Wildman–Crippen MR) is 149 cm³/mol. The summed E-state index contributed by atoms with van der Waals surface area (Å²) in [4.78, 5) is 10.7. The minimum absolute atomic E-state index is 0.300. The van der Waals surface area contributed by atoms with E-state index < -0.39 is 10.2 Å². The van der Waals surface area contributed by atoms with Gasteiger partial charge in [-0.2, -0.15) is 0 Å². The van der Waals surface area contributed by atoms with Gasteiger partial charge in [0.2, 0.25) is 0 Å². The van der Waals surface area contributed by atoms with E-state index in [0.717, 1.165) is 25.4 Å². The van der Waals surface area contributed by atoms with Gasteiger partial charge in [0, 0.05) is 0 Å². The maximum atomic E-state index is 10.7. The molecule has 0 aliphatic carbocycles. The van der Waals surface area contributed by atoms with E-state index in [1.165, 1.54) is 41.6 Å². The molecule has 170 valence electrons. The Kier molecular flexibility index (Phi) is 9.31. The normalized spacial score (nSPS) is 12.7. The van der Waals surface area contributed by atoms with Crippen molar-refractivity contribution < 1.29 is 9.90 Å². The summed E-state index contributed by atoms with van der Waals surface area (Å²) in [5.41, 5.74) is 0. The molecule has 0 radical (unpaired) electrons. The first kappa shape index (κ1) is 24.9. The fourth-order valence-corrected chi connectivity index (χ4v) is 13.4. The second-order valence-corrected chi connectivity index (χ2v) is 19.3. The summed E-state index contributed by atoms with van der Waals surface area (Å²) in [6.45, 7) is 0. The molecule has 0 bridgehead atoms. The van der Waals surface area contributed by atoms with Crippen LogP contribution in [-0.4, -0.2) is 17.2 Å². The molecule has 0 heterocycles. The number of benzene rings is 3. The third-order valence-electron chi connectivity index (χ3n) is 6.35. The van der Waals surface area contributed by atoms with E-state index >= 15 is 0 Å². The molecule has 0 aliphatic heterocycles. The Balaban J connectivity index is 1.80. The Morgan fingerprint density at radius 1 is 0.594 bits per heavy atom. The number of carboxylic acids is 1. The number of rotatable bonds is 13. The quantitative estimate of drug-likeness (QED) is 0.138. The second-order valence-electron chi connectivity index (χ2n) is 8.53. The van der Waals surface area contributed by atoms with Crippen molar-refractivity contribution in [2.75, 3.05) is 6.16 Å². The molecule has 0 saturated heterocycles. The summed E-state index contributed by atoms with van der Waals surface area (Å²) in [5.74, 6) is -0.680. The van der Waals surface area contributed by atoms with Crippen LogP contribution in [0.25, 0.3) is 0 Å². The summed E-state index contributed by atoms with van der Waals surface area (Å²) in [7, 11) is 0. The van der Waals surface area contributed by atoms with Gasteiger partial charge in [-0.05, 0) is 0 Å². The Morgan fingerprint density at radius 2 is 0.938 bits per heavy atom. The van der Waals surface area contributed by atoms with E-state index in [0.29, 0.717) is 6.42 Å². The SMILES string of the molecule is O=C(O)CCCCCCCCCP(I)(c1ccccc1)(c1ccccc1)c1ccccc1. The van der Waals surface area contributed by atoms with Gasteiger partial charge in [-0.25, -0.2) is 0 Å². The van der Waals surface area contributed by atoms with Crippen LogP contribution in [0.15, 0.2) is 91.0 Å². The molecular weight excluding hydrogens is 526 g/mol. The number of hydrogen-bond acceptors (Lipinski definition) is 1. The van der Waals surface area contributed by atoms with Crippen LogP contribution in [0.3, 0.4) is 0 Å². The number of halogens is 1. The van der Waals surface area contributed by atoms with Gasteiger partial charge in [0.25, 0.3) is 0 Å². The minimum atomic E-state index is -2.63. The first-order valence-electron chi connectivity index (χ1n) is 11.7. The van der Waals surface area contributed by atoms with Gasteiger partial charge in [-0.3, -0.25) is 0 Å². The number of aliphatic carboxylic acids is 1. The fraction of sp³-hybridized carbons (Fsp3) is 0.321. The van der Waals surface area contributed by atoms with Crippen LogP contribution in [0.1, 0.15) is 51.4 Å². The molecule has 32 heavy (non-hydrogen) atoms. The van der Waals surface area contributed by atoms with E-state index in [1.807, 2.05) is 0 Å². The van der Waals surface area contributed by atoms with E-state index in [2.05, 4.69) is 113 Å². The van der Waals surface area contributed by atoms with E-state index in [1.54, 1.807) is 0 Å². The summed E-state index contributed by atoms with van der Waals surface area (Å²) in [5, 5.41) is 13.1. The molecule has 4 heteroatoms. The monoisotopic (exact) mass is 560 g/mol. The van der Waals surface area contributed by atoms with E-state index in [-0.39, 0.29) is 0 Å². The molecule has 3 aromatic rings. The molecule has 0 unspecified atom stereocenters. The molecule has 0 aromatic heterocycles. The van der Waals surface area contributed by atoms with Gasteiger partial charge in [-0.1, -0.05) is 0 Å². The molecule has 0 saturated carbocycles. The van der Waals surface area contributed by atoms with Crippen LogP contribution in [0, 0.1) is 0 Å². The number of carbonyl (C=O) groups is 1. The molecule has 0 atom stereocenters. The number of carboxylic acid groups (broad SMARTS) is 1. The molecule has 0 fully saturated rings. The van der Waals surface area contributed by atoms with Crippen LogP contribution in [-0.2, 0) is 4.79 Å². The number of hydrogen-bond donors (Lipinski definition) is 1. The fourth-order valence-electron chi connectivity index (χ4n) is 4.62. The maximum absolute atomic E-state index is 10.7. The summed E-state index contributed by atoms with van der Waals surface area (Å²) in [6.07, 6.45) is 9.23. The van der Waals surface area contributed by atoms with Crippen molar-refractivity contribution in [2.24, 2.45) is 0 Å². The Morgan fingerprint density at radius 3 is 1.31 bits per heavy atom. The zero-order valence-electron chi connectivity index (χ0n) is 18.7. The molecule has 2 nitrogen and oxygen atoms in total. The Labute approximate surface area is 205 Å². The van der Waals surface area contributed by atoms with Crippen LogP contribution in [0.5, 0.6) is 0 Å². The second kappa shape index (κ2) is 12.0. The zero-order chi connectivity index (χ0) is 22.7. The van der Waals surface area contributed by atoms with Gasteiger partial charge < -0.3 is 0 Å². The van der Waals surface area contributed by atoms with Crippen LogP contribution in [0.2, 0.25) is 0 Å². The Bertz CT molecular complexity index is 861.